The van der Waals surface area contributed by atoms with Gasteiger partial charge in [-0.25, -0.2) is 0 Å². The van der Waals surface area contributed by atoms with Crippen LogP contribution in [-0.2, 0) is 0 Å². The van der Waals surface area contributed by atoms with Crippen molar-refractivity contribution in [1.29, 1.82) is 0 Å². The zero-order valence-corrected chi connectivity index (χ0v) is 15.7. The first kappa shape index (κ1) is 18.2. The summed E-state index contributed by atoms with van der Waals surface area (Å²) in [7, 11) is 0. The lowest BCUT2D eigenvalue weighted by Crippen LogP contribution is -2.03. The molecule has 0 radical (unpaired) electrons. The lowest BCUT2D eigenvalue weighted by atomic mass is 10.1. The summed E-state index contributed by atoms with van der Waals surface area (Å²) in [5.74, 6) is 0.469. The van der Waals surface area contributed by atoms with E-state index in [-0.39, 0.29) is 5.78 Å². The number of Topliss-reactive ketones (excluding diaryl/α,β-unsaturated/α-hetero) is 1. The topological polar surface area (TPSA) is 68.0 Å². The van der Waals surface area contributed by atoms with Gasteiger partial charge in [0.1, 0.15) is 6.61 Å². The van der Waals surface area contributed by atoms with Crippen LogP contribution in [0, 0.1) is 0 Å². The first-order chi connectivity index (χ1) is 13.8. The van der Waals surface area contributed by atoms with Crippen molar-refractivity contribution >= 4 is 17.5 Å². The molecule has 1 heterocycles. The number of benzene rings is 3. The number of aliphatic hydroxyl groups excluding tert-OH is 1. The van der Waals surface area contributed by atoms with Gasteiger partial charge < -0.3 is 5.11 Å². The van der Waals surface area contributed by atoms with E-state index >= 15 is 0 Å². The molecule has 4 aromatic rings. The quantitative estimate of drug-likeness (QED) is 0.501. The van der Waals surface area contributed by atoms with Crippen molar-refractivity contribution in [3.05, 3.63) is 90.5 Å². The Morgan fingerprint density at radius 1 is 0.857 bits per heavy atom. The molecule has 1 N–H and O–H groups in total. The van der Waals surface area contributed by atoms with Crippen LogP contribution in [0.3, 0.4) is 0 Å². The Morgan fingerprint density at radius 3 is 2.14 bits per heavy atom. The second-order valence-corrected chi connectivity index (χ2v) is 7.09. The number of aromatic nitrogens is 3. The number of ketones is 1. The van der Waals surface area contributed by atoms with Gasteiger partial charge in [-0.2, -0.15) is 0 Å². The van der Waals surface area contributed by atoms with E-state index in [4.69, 9.17) is 5.11 Å². The molecule has 1 aromatic heterocycles. The minimum absolute atomic E-state index is 0.296. The Balaban J connectivity index is 1.73. The van der Waals surface area contributed by atoms with E-state index in [0.717, 1.165) is 27.1 Å². The minimum atomic E-state index is -0.491. The Morgan fingerprint density at radius 2 is 1.50 bits per heavy atom. The number of carbonyl (C=O) groups excluding carboxylic acids is 1. The highest BCUT2D eigenvalue weighted by atomic mass is 32.2. The number of nitrogens with zero attached hydrogens (tertiary/aromatic N) is 3. The van der Waals surface area contributed by atoms with Crippen molar-refractivity contribution in [2.75, 3.05) is 6.61 Å². The van der Waals surface area contributed by atoms with Crippen molar-refractivity contribution in [2.24, 2.45) is 0 Å². The van der Waals surface area contributed by atoms with Crippen molar-refractivity contribution in [2.45, 2.75) is 10.1 Å². The molecule has 0 aliphatic heterocycles. The van der Waals surface area contributed by atoms with Gasteiger partial charge in [0, 0.05) is 21.7 Å². The number of para-hydroxylation sites is 1. The third-order valence-corrected chi connectivity index (χ3v) is 5.16. The third kappa shape index (κ3) is 3.74. The van der Waals surface area contributed by atoms with Crippen LogP contribution in [0.15, 0.2) is 95.0 Å². The zero-order chi connectivity index (χ0) is 19.3. The van der Waals surface area contributed by atoms with Gasteiger partial charge in [-0.15, -0.1) is 10.2 Å². The lowest BCUT2D eigenvalue weighted by Gasteiger charge is -2.10. The molecule has 0 spiro atoms. The van der Waals surface area contributed by atoms with Crippen molar-refractivity contribution in [1.82, 2.24) is 14.8 Å². The molecule has 0 saturated heterocycles. The van der Waals surface area contributed by atoms with Gasteiger partial charge in [0.05, 0.1) is 0 Å². The molecule has 0 fully saturated rings. The maximum atomic E-state index is 11.6. The molecule has 4 rings (SSSR count). The number of rotatable bonds is 6. The summed E-state index contributed by atoms with van der Waals surface area (Å²) in [4.78, 5) is 12.5. The standard InChI is InChI=1S/C22H17N3O2S/c26-15-20(27)16-11-13-19(14-12-16)28-22-24-23-21(17-7-3-1-4-8-17)25(22)18-9-5-2-6-10-18/h1-14,26H,15H2. The van der Waals surface area contributed by atoms with Crippen LogP contribution in [0.4, 0.5) is 0 Å². The largest absolute Gasteiger partial charge is 0.388 e. The van der Waals surface area contributed by atoms with Crippen LogP contribution in [-0.4, -0.2) is 32.3 Å². The fourth-order valence-electron chi connectivity index (χ4n) is 2.83. The van der Waals surface area contributed by atoms with E-state index in [9.17, 15) is 4.79 Å². The molecule has 0 aliphatic carbocycles. The molecule has 5 nitrogen and oxygen atoms in total. The van der Waals surface area contributed by atoms with Gasteiger partial charge >= 0.3 is 0 Å². The van der Waals surface area contributed by atoms with Crippen LogP contribution in [0.2, 0.25) is 0 Å². The van der Waals surface area contributed by atoms with Crippen LogP contribution in [0.1, 0.15) is 10.4 Å². The number of carbonyl (C=O) groups is 1. The van der Waals surface area contributed by atoms with E-state index < -0.39 is 6.61 Å². The van der Waals surface area contributed by atoms with Crippen molar-refractivity contribution in [3.8, 4) is 17.1 Å². The smallest absolute Gasteiger partial charge is 0.200 e. The van der Waals surface area contributed by atoms with Gasteiger partial charge in [0.25, 0.3) is 0 Å². The molecule has 0 unspecified atom stereocenters. The van der Waals surface area contributed by atoms with Crippen LogP contribution in [0.5, 0.6) is 0 Å². The molecule has 6 heteroatoms. The second-order valence-electron chi connectivity index (χ2n) is 6.05. The molecule has 0 aliphatic rings. The fourth-order valence-corrected chi connectivity index (χ4v) is 3.67. The molecular weight excluding hydrogens is 370 g/mol. The fraction of sp³-hybridized carbons (Fsp3) is 0.0455. The first-order valence-corrected chi connectivity index (χ1v) is 9.56. The van der Waals surface area contributed by atoms with E-state index in [1.54, 1.807) is 12.1 Å². The van der Waals surface area contributed by atoms with Gasteiger partial charge in [-0.3, -0.25) is 9.36 Å². The molecule has 0 bridgehead atoms. The van der Waals surface area contributed by atoms with E-state index in [2.05, 4.69) is 10.2 Å². The molecule has 3 aromatic carbocycles. The normalized spacial score (nSPS) is 10.8. The predicted molar refractivity (Wildman–Crippen MR) is 109 cm³/mol. The summed E-state index contributed by atoms with van der Waals surface area (Å²) in [6, 6.07) is 27.0. The number of aliphatic hydroxyl groups is 1. The summed E-state index contributed by atoms with van der Waals surface area (Å²) in [5.41, 5.74) is 2.44. The van der Waals surface area contributed by atoms with E-state index in [1.807, 2.05) is 77.4 Å². The molecule has 0 atom stereocenters. The number of hydrogen-bond acceptors (Lipinski definition) is 5. The van der Waals surface area contributed by atoms with Crippen molar-refractivity contribution in [3.63, 3.8) is 0 Å². The highest BCUT2D eigenvalue weighted by Gasteiger charge is 2.16. The Bertz CT molecular complexity index is 1080. The van der Waals surface area contributed by atoms with Gasteiger partial charge in [0.2, 0.25) is 5.16 Å². The van der Waals surface area contributed by atoms with E-state index in [1.165, 1.54) is 11.8 Å². The Labute approximate surface area is 166 Å². The molecule has 0 saturated carbocycles. The maximum absolute atomic E-state index is 11.6. The van der Waals surface area contributed by atoms with Gasteiger partial charge in [0.15, 0.2) is 11.6 Å². The monoisotopic (exact) mass is 387 g/mol. The number of hydrogen-bond donors (Lipinski definition) is 1. The Hall–Kier alpha value is -3.22. The van der Waals surface area contributed by atoms with E-state index in [0.29, 0.717) is 5.56 Å². The third-order valence-electron chi connectivity index (χ3n) is 4.21. The van der Waals surface area contributed by atoms with Gasteiger partial charge in [-0.05, 0) is 36.0 Å². The van der Waals surface area contributed by atoms with Crippen LogP contribution < -0.4 is 0 Å². The first-order valence-electron chi connectivity index (χ1n) is 8.74. The zero-order valence-electron chi connectivity index (χ0n) is 14.9. The highest BCUT2D eigenvalue weighted by molar-refractivity contribution is 7.99. The van der Waals surface area contributed by atoms with Gasteiger partial charge in [-0.1, -0.05) is 60.7 Å². The molecule has 138 valence electrons. The lowest BCUT2D eigenvalue weighted by molar-refractivity contribution is 0.0903. The SMILES string of the molecule is O=C(CO)c1ccc(Sc2nnc(-c3ccccc3)n2-c2ccccc2)cc1. The summed E-state index contributed by atoms with van der Waals surface area (Å²) < 4.78 is 2.02. The average molecular weight is 387 g/mol. The minimum Gasteiger partial charge on any atom is -0.388 e. The summed E-state index contributed by atoms with van der Waals surface area (Å²) >= 11 is 1.47. The highest BCUT2D eigenvalue weighted by Crippen LogP contribution is 2.32. The predicted octanol–water partition coefficient (Wildman–Crippen LogP) is 4.26. The summed E-state index contributed by atoms with van der Waals surface area (Å²) in [5, 5.41) is 18.5. The second kappa shape index (κ2) is 8.21. The maximum Gasteiger partial charge on any atom is 0.200 e. The average Bonchev–Trinajstić information content (AvgIpc) is 3.18. The van der Waals surface area contributed by atoms with Crippen LogP contribution >= 0.6 is 11.8 Å². The Kier molecular flexibility index (Phi) is 5.32. The summed E-state index contributed by atoms with van der Waals surface area (Å²) in [6.45, 7) is -0.491. The van der Waals surface area contributed by atoms with Crippen LogP contribution in [0.25, 0.3) is 17.1 Å². The molecular formula is C22H17N3O2S. The summed E-state index contributed by atoms with van der Waals surface area (Å²) in [6.07, 6.45) is 0. The molecule has 0 amide bonds. The molecule has 28 heavy (non-hydrogen) atoms. The van der Waals surface area contributed by atoms with Crippen molar-refractivity contribution < 1.29 is 9.90 Å².